The molecule has 0 spiro atoms. The van der Waals surface area contributed by atoms with Gasteiger partial charge >= 0.3 is 0 Å². The Morgan fingerprint density at radius 2 is 1.70 bits per heavy atom. The van der Waals surface area contributed by atoms with Crippen LogP contribution in [0.25, 0.3) is 0 Å². The summed E-state index contributed by atoms with van der Waals surface area (Å²) < 4.78 is 5.65. The minimum atomic E-state index is 0.170. The predicted octanol–water partition coefficient (Wildman–Crippen LogP) is 3.80. The van der Waals surface area contributed by atoms with Crippen LogP contribution in [0.4, 0.5) is 11.4 Å². The molecule has 1 fully saturated rings. The van der Waals surface area contributed by atoms with Crippen LogP contribution in [0.15, 0.2) is 59.6 Å². The van der Waals surface area contributed by atoms with Crippen molar-refractivity contribution in [3.05, 3.63) is 54.6 Å². The van der Waals surface area contributed by atoms with Gasteiger partial charge in [-0.2, -0.15) is 0 Å². The highest BCUT2D eigenvalue weighted by Gasteiger charge is 2.16. The molecule has 162 valence electrons. The third-order valence-corrected chi connectivity index (χ3v) is 5.16. The zero-order valence-electron chi connectivity index (χ0n) is 18.3. The van der Waals surface area contributed by atoms with Gasteiger partial charge in [-0.3, -0.25) is 9.89 Å². The van der Waals surface area contributed by atoms with Gasteiger partial charge in [-0.25, -0.2) is 0 Å². The number of hydrogen-bond acceptors (Lipinski definition) is 4. The average Bonchev–Trinajstić information content (AvgIpc) is 2.75. The molecule has 0 unspecified atom stereocenters. The number of piperazine rings is 1. The molecule has 6 heteroatoms. The molecular weight excluding hydrogens is 374 g/mol. The number of benzene rings is 2. The molecule has 0 atom stereocenters. The molecule has 0 aliphatic carbocycles. The number of hydrogen-bond donors (Lipinski definition) is 2. The molecule has 1 heterocycles. The van der Waals surface area contributed by atoms with Crippen LogP contribution < -0.4 is 20.7 Å². The molecule has 0 aromatic heterocycles. The van der Waals surface area contributed by atoms with Crippen molar-refractivity contribution in [1.82, 2.24) is 4.90 Å². The Balaban J connectivity index is 1.29. The van der Waals surface area contributed by atoms with E-state index in [0.717, 1.165) is 63.5 Å². The molecule has 2 aromatic carbocycles. The van der Waals surface area contributed by atoms with Gasteiger partial charge in [0.05, 0.1) is 6.10 Å². The lowest BCUT2D eigenvalue weighted by molar-refractivity contribution is 0.242. The van der Waals surface area contributed by atoms with Crippen LogP contribution in [0.1, 0.15) is 26.7 Å². The quantitative estimate of drug-likeness (QED) is 0.375. The topological polar surface area (TPSA) is 66.1 Å². The van der Waals surface area contributed by atoms with Gasteiger partial charge in [-0.15, -0.1) is 0 Å². The molecule has 1 aliphatic heterocycles. The third kappa shape index (κ3) is 7.26. The second kappa shape index (κ2) is 11.5. The summed E-state index contributed by atoms with van der Waals surface area (Å²) in [6.07, 6.45) is 2.36. The molecule has 1 saturated heterocycles. The second-order valence-corrected chi connectivity index (χ2v) is 7.95. The van der Waals surface area contributed by atoms with Crippen LogP contribution >= 0.6 is 0 Å². The smallest absolute Gasteiger partial charge is 0.193 e. The van der Waals surface area contributed by atoms with Crippen molar-refractivity contribution in [2.45, 2.75) is 32.8 Å². The van der Waals surface area contributed by atoms with Crippen molar-refractivity contribution in [1.29, 1.82) is 0 Å². The first kappa shape index (κ1) is 22.0. The summed E-state index contributed by atoms with van der Waals surface area (Å²) in [5.74, 6) is 1.32. The molecule has 2 aromatic rings. The Morgan fingerprint density at radius 1 is 1.00 bits per heavy atom. The monoisotopic (exact) mass is 409 g/mol. The molecule has 3 N–H and O–H groups in total. The summed E-state index contributed by atoms with van der Waals surface area (Å²) in [6.45, 7) is 10.3. The van der Waals surface area contributed by atoms with Crippen LogP contribution in [0.5, 0.6) is 5.75 Å². The number of unbranched alkanes of at least 4 members (excludes halogenated alkanes) is 1. The molecular formula is C24H35N5O. The van der Waals surface area contributed by atoms with E-state index in [1.54, 1.807) is 0 Å². The van der Waals surface area contributed by atoms with Crippen LogP contribution in [-0.4, -0.2) is 56.2 Å². The van der Waals surface area contributed by atoms with E-state index in [1.807, 2.05) is 38.1 Å². The molecule has 0 bridgehead atoms. The Hall–Kier alpha value is -2.73. The van der Waals surface area contributed by atoms with Crippen LogP contribution in [0.2, 0.25) is 0 Å². The Bertz CT molecular complexity index is 768. The Kier molecular flexibility index (Phi) is 8.39. The lowest BCUT2D eigenvalue weighted by Gasteiger charge is -2.36. The fourth-order valence-electron chi connectivity index (χ4n) is 3.59. The Labute approximate surface area is 180 Å². The number of ether oxygens (including phenoxy) is 1. The average molecular weight is 410 g/mol. The summed E-state index contributed by atoms with van der Waals surface area (Å²) in [7, 11) is 0. The van der Waals surface area contributed by atoms with Gasteiger partial charge in [-0.1, -0.05) is 18.2 Å². The molecule has 0 amide bonds. The SMILES string of the molecule is CC(C)Oc1ccc(NC(N)=NCCCCN2CCN(c3ccccc3)CC2)cc1. The van der Waals surface area contributed by atoms with Gasteiger partial charge in [0.15, 0.2) is 5.96 Å². The van der Waals surface area contributed by atoms with Crippen LogP contribution in [-0.2, 0) is 0 Å². The summed E-state index contributed by atoms with van der Waals surface area (Å²) in [6, 6.07) is 18.5. The van der Waals surface area contributed by atoms with Gasteiger partial charge in [-0.05, 0) is 69.6 Å². The third-order valence-electron chi connectivity index (χ3n) is 5.16. The maximum atomic E-state index is 6.01. The molecule has 3 rings (SSSR count). The highest BCUT2D eigenvalue weighted by molar-refractivity contribution is 5.92. The maximum Gasteiger partial charge on any atom is 0.193 e. The normalized spacial score (nSPS) is 15.4. The van der Waals surface area contributed by atoms with Crippen LogP contribution in [0.3, 0.4) is 0 Å². The van der Waals surface area contributed by atoms with Crippen molar-refractivity contribution >= 4 is 17.3 Å². The van der Waals surface area contributed by atoms with Gasteiger partial charge in [0.25, 0.3) is 0 Å². The van der Waals surface area contributed by atoms with Crippen molar-refractivity contribution < 1.29 is 4.74 Å². The summed E-state index contributed by atoms with van der Waals surface area (Å²) in [5.41, 5.74) is 8.26. The molecule has 1 aliphatic rings. The number of aliphatic imine (C=N–C) groups is 1. The second-order valence-electron chi connectivity index (χ2n) is 7.95. The maximum absolute atomic E-state index is 6.01. The van der Waals surface area contributed by atoms with Gasteiger partial charge in [0, 0.05) is 44.1 Å². The number of nitrogens with two attached hydrogens (primary N) is 1. The molecule has 6 nitrogen and oxygen atoms in total. The zero-order chi connectivity index (χ0) is 21.2. The number of nitrogens with one attached hydrogen (secondary N) is 1. The minimum absolute atomic E-state index is 0.170. The van der Waals surface area contributed by atoms with E-state index in [1.165, 1.54) is 5.69 Å². The highest BCUT2D eigenvalue weighted by Crippen LogP contribution is 2.17. The largest absolute Gasteiger partial charge is 0.491 e. The summed E-state index contributed by atoms with van der Waals surface area (Å²) in [4.78, 5) is 9.46. The summed E-state index contributed by atoms with van der Waals surface area (Å²) in [5, 5.41) is 3.14. The van der Waals surface area contributed by atoms with E-state index >= 15 is 0 Å². The summed E-state index contributed by atoms with van der Waals surface area (Å²) >= 11 is 0. The van der Waals surface area contributed by atoms with Gasteiger partial charge in [0.2, 0.25) is 0 Å². The lowest BCUT2D eigenvalue weighted by Crippen LogP contribution is -2.46. The van der Waals surface area contributed by atoms with E-state index in [-0.39, 0.29) is 6.10 Å². The standard InChI is InChI=1S/C24H35N5O/c1-20(2)30-23-12-10-21(11-13-23)27-24(25)26-14-6-7-15-28-16-18-29(19-17-28)22-8-4-3-5-9-22/h3-5,8-13,20H,6-7,14-19H2,1-2H3,(H3,25,26,27). The van der Waals surface area contributed by atoms with Gasteiger partial charge < -0.3 is 20.7 Å². The predicted molar refractivity (Wildman–Crippen MR) is 127 cm³/mol. The van der Waals surface area contributed by atoms with Crippen molar-refractivity contribution in [2.75, 3.05) is 49.5 Å². The van der Waals surface area contributed by atoms with Crippen molar-refractivity contribution in [2.24, 2.45) is 10.7 Å². The van der Waals surface area contributed by atoms with Crippen molar-refractivity contribution in [3.63, 3.8) is 0 Å². The van der Waals surface area contributed by atoms with Crippen molar-refractivity contribution in [3.8, 4) is 5.75 Å². The van der Waals surface area contributed by atoms with E-state index < -0.39 is 0 Å². The fraction of sp³-hybridized carbons (Fsp3) is 0.458. The lowest BCUT2D eigenvalue weighted by atomic mass is 10.2. The van der Waals surface area contributed by atoms with E-state index in [2.05, 4.69) is 50.4 Å². The van der Waals surface area contributed by atoms with E-state index in [0.29, 0.717) is 5.96 Å². The number of nitrogens with zero attached hydrogens (tertiary/aromatic N) is 3. The Morgan fingerprint density at radius 3 is 2.37 bits per heavy atom. The first-order valence-electron chi connectivity index (χ1n) is 11.0. The number of para-hydroxylation sites is 1. The fourth-order valence-corrected chi connectivity index (χ4v) is 3.59. The number of rotatable bonds is 9. The first-order valence-corrected chi connectivity index (χ1v) is 11.0. The van der Waals surface area contributed by atoms with E-state index in [4.69, 9.17) is 10.5 Å². The number of anilines is 2. The highest BCUT2D eigenvalue weighted by atomic mass is 16.5. The van der Waals surface area contributed by atoms with E-state index in [9.17, 15) is 0 Å². The zero-order valence-corrected chi connectivity index (χ0v) is 18.3. The molecule has 0 radical (unpaired) electrons. The van der Waals surface area contributed by atoms with Crippen LogP contribution in [0, 0.1) is 0 Å². The molecule has 30 heavy (non-hydrogen) atoms. The molecule has 0 saturated carbocycles. The minimum Gasteiger partial charge on any atom is -0.491 e. The number of guanidine groups is 1. The first-order chi connectivity index (χ1) is 14.6. The van der Waals surface area contributed by atoms with Gasteiger partial charge in [0.1, 0.15) is 5.75 Å².